The molecule has 0 saturated heterocycles. The maximum Gasteiger partial charge on any atom is 0.344 e. The molecule has 156 valence electrons. The van der Waals surface area contributed by atoms with E-state index in [4.69, 9.17) is 9.72 Å². The minimum absolute atomic E-state index is 0.386. The Morgan fingerprint density at radius 1 is 0.875 bits per heavy atom. The minimum Gasteiger partial charge on any atom is -0.422 e. The summed E-state index contributed by atoms with van der Waals surface area (Å²) >= 11 is 1.60. The van der Waals surface area contributed by atoms with Crippen molar-refractivity contribution in [3.63, 3.8) is 0 Å². The molecule has 5 aromatic rings. The summed E-state index contributed by atoms with van der Waals surface area (Å²) in [6, 6.07) is 27.5. The molecule has 3 aromatic carbocycles. The Morgan fingerprint density at radius 2 is 1.66 bits per heavy atom. The van der Waals surface area contributed by atoms with Crippen LogP contribution < -0.4 is 4.74 Å². The van der Waals surface area contributed by atoms with Crippen LogP contribution in [0, 0.1) is 13.8 Å². The van der Waals surface area contributed by atoms with E-state index in [1.807, 2.05) is 98.1 Å². The molecule has 0 radical (unpaired) electrons. The summed E-state index contributed by atoms with van der Waals surface area (Å²) < 4.78 is 5.98. The van der Waals surface area contributed by atoms with Crippen molar-refractivity contribution in [3.05, 3.63) is 107 Å². The average Bonchev–Trinajstić information content (AvgIpc) is 3.34. The quantitative estimate of drug-likeness (QED) is 0.217. The van der Waals surface area contributed by atoms with E-state index in [0.717, 1.165) is 43.7 Å². The molecule has 0 bridgehead atoms. The van der Waals surface area contributed by atoms with Crippen LogP contribution in [0.1, 0.15) is 21.5 Å². The van der Waals surface area contributed by atoms with Crippen molar-refractivity contribution in [2.45, 2.75) is 13.8 Å². The summed E-state index contributed by atoms with van der Waals surface area (Å²) in [4.78, 5) is 19.4. The first-order valence-corrected chi connectivity index (χ1v) is 11.3. The van der Waals surface area contributed by atoms with Crippen molar-refractivity contribution in [2.24, 2.45) is 0 Å². The number of hydrogen-bond acceptors (Lipinski definition) is 4. The van der Waals surface area contributed by atoms with Gasteiger partial charge in [0.1, 0.15) is 5.75 Å². The Hall–Kier alpha value is -3.76. The van der Waals surface area contributed by atoms with Gasteiger partial charge < -0.3 is 4.74 Å². The van der Waals surface area contributed by atoms with Crippen molar-refractivity contribution >= 4 is 28.2 Å². The number of hydrogen-bond donors (Lipinski definition) is 0. The normalized spacial score (nSPS) is 10.9. The Kier molecular flexibility index (Phi) is 5.29. The number of fused-ring (bicyclic) bond motifs is 1. The fraction of sp³-hybridized carbons (Fsp3) is 0.0714. The van der Waals surface area contributed by atoms with E-state index < -0.39 is 0 Å². The van der Waals surface area contributed by atoms with E-state index in [1.165, 1.54) is 0 Å². The average molecular weight is 436 g/mol. The van der Waals surface area contributed by atoms with Gasteiger partial charge in [-0.2, -0.15) is 0 Å². The van der Waals surface area contributed by atoms with E-state index in [-0.39, 0.29) is 5.97 Å². The molecular formula is C28H21NO2S. The number of carbonyl (C=O) groups is 1. The van der Waals surface area contributed by atoms with Gasteiger partial charge in [-0.15, -0.1) is 11.3 Å². The number of para-hydroxylation sites is 1. The number of benzene rings is 3. The number of carbonyl (C=O) groups excluding carboxylic acids is 1. The van der Waals surface area contributed by atoms with Crippen molar-refractivity contribution < 1.29 is 9.53 Å². The van der Waals surface area contributed by atoms with E-state index >= 15 is 0 Å². The third kappa shape index (κ3) is 3.81. The fourth-order valence-electron chi connectivity index (χ4n) is 3.97. The van der Waals surface area contributed by atoms with Crippen LogP contribution in [0.15, 0.2) is 90.3 Å². The van der Waals surface area contributed by atoms with Crippen molar-refractivity contribution in [1.29, 1.82) is 0 Å². The molecule has 32 heavy (non-hydrogen) atoms. The van der Waals surface area contributed by atoms with Gasteiger partial charge >= 0.3 is 5.97 Å². The maximum absolute atomic E-state index is 13.5. The molecule has 0 amide bonds. The number of aryl methyl sites for hydroxylation is 2. The summed E-state index contributed by atoms with van der Waals surface area (Å²) in [6.45, 7) is 4.06. The van der Waals surface area contributed by atoms with Crippen molar-refractivity contribution in [2.75, 3.05) is 0 Å². The van der Waals surface area contributed by atoms with Crippen LogP contribution in [0.2, 0.25) is 0 Å². The summed E-state index contributed by atoms with van der Waals surface area (Å²) in [5.74, 6) is 0.152. The van der Waals surface area contributed by atoms with Crippen LogP contribution in [0.25, 0.3) is 32.6 Å². The van der Waals surface area contributed by atoms with E-state index in [0.29, 0.717) is 11.3 Å². The van der Waals surface area contributed by atoms with Gasteiger partial charge in [0.2, 0.25) is 0 Å². The van der Waals surface area contributed by atoms with Gasteiger partial charge in [0.05, 0.1) is 21.7 Å². The van der Waals surface area contributed by atoms with Gasteiger partial charge in [0, 0.05) is 10.9 Å². The molecule has 0 unspecified atom stereocenters. The first-order chi connectivity index (χ1) is 15.6. The highest BCUT2D eigenvalue weighted by molar-refractivity contribution is 7.13. The summed E-state index contributed by atoms with van der Waals surface area (Å²) in [5.41, 5.74) is 6.13. The lowest BCUT2D eigenvalue weighted by molar-refractivity contribution is 0.0737. The van der Waals surface area contributed by atoms with Crippen LogP contribution >= 0.6 is 11.3 Å². The lowest BCUT2D eigenvalue weighted by atomic mass is 10.0. The fourth-order valence-corrected chi connectivity index (χ4v) is 4.65. The molecule has 4 heteroatoms. The predicted octanol–water partition coefficient (Wildman–Crippen LogP) is 7.47. The van der Waals surface area contributed by atoms with Gasteiger partial charge in [0.15, 0.2) is 0 Å². The molecule has 0 aliphatic carbocycles. The zero-order valence-corrected chi connectivity index (χ0v) is 18.6. The van der Waals surface area contributed by atoms with Crippen LogP contribution in [0.4, 0.5) is 0 Å². The first kappa shape index (κ1) is 20.2. The third-order valence-electron chi connectivity index (χ3n) is 5.42. The van der Waals surface area contributed by atoms with E-state index in [2.05, 4.69) is 6.07 Å². The standard InChI is InChI=1S/C28H21NO2S/c1-18-15-19(2)27-22(16-18)23(17-24(29-27)26-13-8-14-32-26)28(30)31-25-12-7-6-11-21(25)20-9-4-3-5-10-20/h3-17H,1-2H3. The highest BCUT2D eigenvalue weighted by Gasteiger charge is 2.19. The van der Waals surface area contributed by atoms with Crippen molar-refractivity contribution in [1.82, 2.24) is 4.98 Å². The van der Waals surface area contributed by atoms with Crippen LogP contribution in [0.3, 0.4) is 0 Å². The van der Waals surface area contributed by atoms with Gasteiger partial charge in [-0.1, -0.05) is 66.2 Å². The topological polar surface area (TPSA) is 39.2 Å². The Balaban J connectivity index is 1.63. The molecule has 2 heterocycles. The number of ether oxygens (including phenoxy) is 1. The van der Waals surface area contributed by atoms with Gasteiger partial charge in [-0.05, 0) is 54.6 Å². The number of thiophene rings is 1. The van der Waals surface area contributed by atoms with E-state index in [9.17, 15) is 4.79 Å². The molecule has 0 fully saturated rings. The predicted molar refractivity (Wildman–Crippen MR) is 131 cm³/mol. The Morgan fingerprint density at radius 3 is 2.44 bits per heavy atom. The number of pyridine rings is 1. The molecule has 3 nitrogen and oxygen atoms in total. The summed E-state index contributed by atoms with van der Waals surface area (Å²) in [6.07, 6.45) is 0. The second kappa shape index (κ2) is 8.40. The minimum atomic E-state index is -0.386. The van der Waals surface area contributed by atoms with Gasteiger partial charge in [0.25, 0.3) is 0 Å². The molecule has 0 spiro atoms. The smallest absolute Gasteiger partial charge is 0.344 e. The van der Waals surface area contributed by atoms with Crippen LogP contribution in [-0.2, 0) is 0 Å². The number of nitrogens with zero attached hydrogens (tertiary/aromatic N) is 1. The largest absolute Gasteiger partial charge is 0.422 e. The Labute approximate surface area is 191 Å². The number of rotatable bonds is 4. The Bertz CT molecular complexity index is 1420. The molecule has 2 aromatic heterocycles. The molecular weight excluding hydrogens is 414 g/mol. The molecule has 5 rings (SSSR count). The lowest BCUT2D eigenvalue weighted by Crippen LogP contribution is -2.11. The highest BCUT2D eigenvalue weighted by Crippen LogP contribution is 2.33. The van der Waals surface area contributed by atoms with Crippen LogP contribution in [-0.4, -0.2) is 11.0 Å². The molecule has 0 atom stereocenters. The molecule has 0 aliphatic heterocycles. The zero-order chi connectivity index (χ0) is 22.1. The third-order valence-corrected chi connectivity index (χ3v) is 6.31. The lowest BCUT2D eigenvalue weighted by Gasteiger charge is -2.13. The monoisotopic (exact) mass is 435 g/mol. The highest BCUT2D eigenvalue weighted by atomic mass is 32.1. The molecule has 0 saturated carbocycles. The summed E-state index contributed by atoms with van der Waals surface area (Å²) in [7, 11) is 0. The second-order valence-corrected chi connectivity index (χ2v) is 8.71. The summed E-state index contributed by atoms with van der Waals surface area (Å²) in [5, 5.41) is 2.82. The number of aromatic nitrogens is 1. The van der Waals surface area contributed by atoms with Crippen molar-refractivity contribution in [3.8, 4) is 27.4 Å². The number of esters is 1. The van der Waals surface area contributed by atoms with Gasteiger partial charge in [-0.3, -0.25) is 0 Å². The SMILES string of the molecule is Cc1cc(C)c2nc(-c3cccs3)cc(C(=O)Oc3ccccc3-c3ccccc3)c2c1. The first-order valence-electron chi connectivity index (χ1n) is 10.4. The zero-order valence-electron chi connectivity index (χ0n) is 17.8. The molecule has 0 aliphatic rings. The van der Waals surface area contributed by atoms with Gasteiger partial charge in [-0.25, -0.2) is 9.78 Å². The maximum atomic E-state index is 13.5. The molecule has 0 N–H and O–H groups in total. The second-order valence-electron chi connectivity index (χ2n) is 7.76. The van der Waals surface area contributed by atoms with E-state index in [1.54, 1.807) is 11.3 Å². The van der Waals surface area contributed by atoms with Crippen LogP contribution in [0.5, 0.6) is 5.75 Å².